The number of rotatable bonds is 5. The van der Waals surface area contributed by atoms with E-state index in [1.807, 2.05) is 6.92 Å². The van der Waals surface area contributed by atoms with Crippen LogP contribution >= 0.6 is 0 Å². The Bertz CT molecular complexity index is 358. The predicted molar refractivity (Wildman–Crippen MR) is 63.5 cm³/mol. The molecule has 0 spiro atoms. The van der Waals surface area contributed by atoms with Crippen molar-refractivity contribution in [2.75, 3.05) is 13.7 Å². The Morgan fingerprint density at radius 3 is 2.76 bits per heavy atom. The van der Waals surface area contributed by atoms with Crippen LogP contribution in [0.25, 0.3) is 0 Å². The van der Waals surface area contributed by atoms with Crippen LogP contribution in [0.2, 0.25) is 0 Å². The van der Waals surface area contributed by atoms with Gasteiger partial charge in [0.05, 0.1) is 6.04 Å². The first kappa shape index (κ1) is 12.5. The molecule has 1 aliphatic rings. The smallest absolute Gasteiger partial charge is 0.243 e. The highest BCUT2D eigenvalue weighted by Crippen LogP contribution is 2.40. The van der Waals surface area contributed by atoms with Crippen LogP contribution in [-0.4, -0.2) is 23.8 Å². The number of methoxy groups -OCH3 is 1. The van der Waals surface area contributed by atoms with Gasteiger partial charge in [0.1, 0.15) is 5.60 Å². The molecule has 0 radical (unpaired) electrons. The highest BCUT2D eigenvalue weighted by atomic mass is 16.5. The molecule has 1 unspecified atom stereocenters. The van der Waals surface area contributed by atoms with Crippen LogP contribution in [0.1, 0.15) is 57.3 Å². The summed E-state index contributed by atoms with van der Waals surface area (Å²) in [6, 6.07) is 0.0940. The van der Waals surface area contributed by atoms with Crippen molar-refractivity contribution in [3.05, 3.63) is 11.7 Å². The fraction of sp³-hybridized carbons (Fsp3) is 0.833. The maximum absolute atomic E-state index is 5.63. The zero-order valence-electron chi connectivity index (χ0n) is 10.8. The lowest BCUT2D eigenvalue weighted by Gasteiger charge is -2.22. The Kier molecular flexibility index (Phi) is 3.79. The summed E-state index contributed by atoms with van der Waals surface area (Å²) in [6.45, 7) is 4.96. The van der Waals surface area contributed by atoms with Crippen molar-refractivity contribution in [2.45, 2.75) is 51.2 Å². The van der Waals surface area contributed by atoms with Gasteiger partial charge >= 0.3 is 0 Å². The third-order valence-electron chi connectivity index (χ3n) is 3.53. The van der Waals surface area contributed by atoms with Gasteiger partial charge in [-0.1, -0.05) is 12.1 Å². The minimum Gasteiger partial charge on any atom is -0.370 e. The molecule has 2 rings (SSSR count). The standard InChI is InChI=1S/C12H21N3O2/c1-4-13-9(2)10-14-11(15-17-10)12(16-3)7-5-6-8-12/h9,13H,4-8H2,1-3H3. The van der Waals surface area contributed by atoms with Gasteiger partial charge in [-0.15, -0.1) is 0 Å². The molecule has 0 saturated heterocycles. The third kappa shape index (κ3) is 2.35. The van der Waals surface area contributed by atoms with E-state index in [9.17, 15) is 0 Å². The zero-order valence-corrected chi connectivity index (χ0v) is 10.8. The second-order valence-corrected chi connectivity index (χ2v) is 4.64. The molecular weight excluding hydrogens is 218 g/mol. The highest BCUT2D eigenvalue weighted by Gasteiger charge is 2.40. The van der Waals surface area contributed by atoms with Crippen molar-refractivity contribution in [2.24, 2.45) is 0 Å². The second kappa shape index (κ2) is 5.14. The van der Waals surface area contributed by atoms with E-state index in [2.05, 4.69) is 22.4 Å². The Balaban J connectivity index is 2.16. The summed E-state index contributed by atoms with van der Waals surface area (Å²) in [4.78, 5) is 4.49. The molecule has 1 heterocycles. The molecule has 0 amide bonds. The summed E-state index contributed by atoms with van der Waals surface area (Å²) < 4.78 is 10.9. The Morgan fingerprint density at radius 1 is 1.47 bits per heavy atom. The normalized spacial score (nSPS) is 20.6. The first-order valence-corrected chi connectivity index (χ1v) is 6.34. The number of nitrogens with one attached hydrogen (secondary N) is 1. The molecule has 0 aliphatic heterocycles. The van der Waals surface area contributed by atoms with Crippen LogP contribution in [-0.2, 0) is 10.3 Å². The van der Waals surface area contributed by atoms with Gasteiger partial charge in [-0.05, 0) is 39.2 Å². The average molecular weight is 239 g/mol. The van der Waals surface area contributed by atoms with Crippen molar-refractivity contribution in [3.63, 3.8) is 0 Å². The summed E-state index contributed by atoms with van der Waals surface area (Å²) >= 11 is 0. The fourth-order valence-corrected chi connectivity index (χ4v) is 2.45. The van der Waals surface area contributed by atoms with Crippen LogP contribution in [0.5, 0.6) is 0 Å². The van der Waals surface area contributed by atoms with Gasteiger partial charge < -0.3 is 14.6 Å². The van der Waals surface area contributed by atoms with E-state index in [-0.39, 0.29) is 11.6 Å². The van der Waals surface area contributed by atoms with Crippen molar-refractivity contribution < 1.29 is 9.26 Å². The fourth-order valence-electron chi connectivity index (χ4n) is 2.45. The van der Waals surface area contributed by atoms with Crippen molar-refractivity contribution in [3.8, 4) is 0 Å². The first-order chi connectivity index (χ1) is 8.22. The van der Waals surface area contributed by atoms with Crippen LogP contribution in [0.15, 0.2) is 4.52 Å². The molecule has 1 aromatic rings. The van der Waals surface area contributed by atoms with Gasteiger partial charge in [0.25, 0.3) is 0 Å². The molecular formula is C12H21N3O2. The molecule has 0 bridgehead atoms. The van der Waals surface area contributed by atoms with Crippen LogP contribution < -0.4 is 5.32 Å². The Morgan fingerprint density at radius 2 is 2.18 bits per heavy atom. The molecule has 1 saturated carbocycles. The van der Waals surface area contributed by atoms with E-state index in [1.165, 1.54) is 12.8 Å². The van der Waals surface area contributed by atoms with E-state index in [4.69, 9.17) is 9.26 Å². The maximum Gasteiger partial charge on any atom is 0.243 e. The number of aromatic nitrogens is 2. The van der Waals surface area contributed by atoms with E-state index < -0.39 is 0 Å². The van der Waals surface area contributed by atoms with Gasteiger partial charge in [0, 0.05) is 7.11 Å². The minimum absolute atomic E-state index is 0.0940. The quantitative estimate of drug-likeness (QED) is 0.853. The highest BCUT2D eigenvalue weighted by molar-refractivity contribution is 5.05. The second-order valence-electron chi connectivity index (χ2n) is 4.64. The topological polar surface area (TPSA) is 60.2 Å². The van der Waals surface area contributed by atoms with E-state index in [0.717, 1.165) is 19.4 Å². The third-order valence-corrected chi connectivity index (χ3v) is 3.53. The Hall–Kier alpha value is -0.940. The predicted octanol–water partition coefficient (Wildman–Crippen LogP) is 2.16. The molecule has 1 fully saturated rings. The molecule has 1 aliphatic carbocycles. The summed E-state index contributed by atoms with van der Waals surface area (Å²) in [7, 11) is 1.73. The first-order valence-electron chi connectivity index (χ1n) is 6.34. The summed E-state index contributed by atoms with van der Waals surface area (Å²) in [5.74, 6) is 1.35. The molecule has 1 N–H and O–H groups in total. The lowest BCUT2D eigenvalue weighted by Crippen LogP contribution is -2.26. The summed E-state index contributed by atoms with van der Waals surface area (Å²) in [6.07, 6.45) is 4.30. The molecule has 5 nitrogen and oxygen atoms in total. The number of hydrogen-bond donors (Lipinski definition) is 1. The van der Waals surface area contributed by atoms with E-state index >= 15 is 0 Å². The minimum atomic E-state index is -0.312. The number of nitrogens with zero attached hydrogens (tertiary/aromatic N) is 2. The van der Waals surface area contributed by atoms with E-state index in [0.29, 0.717) is 11.7 Å². The van der Waals surface area contributed by atoms with E-state index in [1.54, 1.807) is 7.11 Å². The summed E-state index contributed by atoms with van der Waals surface area (Å²) in [5.41, 5.74) is -0.312. The number of hydrogen-bond acceptors (Lipinski definition) is 5. The van der Waals surface area contributed by atoms with Gasteiger partial charge in [0.15, 0.2) is 0 Å². The Labute approximate surface area is 102 Å². The van der Waals surface area contributed by atoms with Gasteiger partial charge in [-0.25, -0.2) is 0 Å². The summed E-state index contributed by atoms with van der Waals surface area (Å²) in [5, 5.41) is 7.35. The molecule has 17 heavy (non-hydrogen) atoms. The lowest BCUT2D eigenvalue weighted by molar-refractivity contribution is -0.0178. The molecule has 0 aromatic carbocycles. The van der Waals surface area contributed by atoms with Crippen molar-refractivity contribution >= 4 is 0 Å². The lowest BCUT2D eigenvalue weighted by atomic mass is 10.0. The van der Waals surface area contributed by atoms with Crippen molar-refractivity contribution in [1.29, 1.82) is 0 Å². The van der Waals surface area contributed by atoms with Crippen molar-refractivity contribution in [1.82, 2.24) is 15.5 Å². The van der Waals surface area contributed by atoms with Crippen LogP contribution in [0.4, 0.5) is 0 Å². The van der Waals surface area contributed by atoms with Gasteiger partial charge in [-0.3, -0.25) is 0 Å². The van der Waals surface area contributed by atoms with Gasteiger partial charge in [0.2, 0.25) is 11.7 Å². The average Bonchev–Trinajstić information content (AvgIpc) is 2.99. The van der Waals surface area contributed by atoms with Gasteiger partial charge in [-0.2, -0.15) is 4.98 Å². The zero-order chi connectivity index (χ0) is 12.3. The monoisotopic (exact) mass is 239 g/mol. The maximum atomic E-state index is 5.63. The number of ether oxygens (including phenoxy) is 1. The molecule has 96 valence electrons. The molecule has 1 atom stereocenters. The SMILES string of the molecule is CCNC(C)c1nc(C2(OC)CCCC2)no1. The van der Waals surface area contributed by atoms with Crippen LogP contribution in [0, 0.1) is 0 Å². The van der Waals surface area contributed by atoms with Crippen LogP contribution in [0.3, 0.4) is 0 Å². The largest absolute Gasteiger partial charge is 0.370 e. The molecule has 5 heteroatoms. The molecule has 1 aromatic heterocycles.